The first kappa shape index (κ1) is 14.3. The van der Waals surface area contributed by atoms with Gasteiger partial charge in [-0.3, -0.25) is 4.98 Å². The Balaban J connectivity index is 2.60. The molecule has 0 radical (unpaired) electrons. The number of hydrogen-bond donors (Lipinski definition) is 2. The van der Waals surface area contributed by atoms with Gasteiger partial charge in [-0.15, -0.1) is 0 Å². The van der Waals surface area contributed by atoms with Crippen molar-refractivity contribution in [3.8, 4) is 0 Å². The predicted octanol–water partition coefficient (Wildman–Crippen LogP) is 2.90. The Morgan fingerprint density at radius 2 is 2.18 bits per heavy atom. The molecule has 0 aliphatic heterocycles. The summed E-state index contributed by atoms with van der Waals surface area (Å²) in [5.74, 6) is 0. The molecule has 1 aromatic rings. The van der Waals surface area contributed by atoms with Crippen LogP contribution in [0.2, 0.25) is 0 Å². The first-order valence-corrected chi connectivity index (χ1v) is 6.37. The van der Waals surface area contributed by atoms with E-state index in [4.69, 9.17) is 10.5 Å². The molecular formula is C12H20BrN3O. The fourth-order valence-corrected chi connectivity index (χ4v) is 1.92. The lowest BCUT2D eigenvalue weighted by molar-refractivity contribution is 0.157. The Labute approximate surface area is 111 Å². The predicted molar refractivity (Wildman–Crippen MR) is 75.1 cm³/mol. The normalized spacial score (nSPS) is 11.5. The minimum Gasteiger partial charge on any atom is -0.396 e. The number of nitrogens with zero attached hydrogens (tertiary/aromatic N) is 1. The van der Waals surface area contributed by atoms with Gasteiger partial charge in [0.25, 0.3) is 0 Å². The van der Waals surface area contributed by atoms with Gasteiger partial charge < -0.3 is 15.8 Å². The maximum absolute atomic E-state index is 5.87. The molecule has 0 aliphatic rings. The first-order chi connectivity index (χ1) is 7.96. The molecule has 0 fully saturated rings. The minimum absolute atomic E-state index is 0.158. The Morgan fingerprint density at radius 1 is 1.47 bits per heavy atom. The first-order valence-electron chi connectivity index (χ1n) is 5.58. The molecule has 4 nitrogen and oxygen atoms in total. The number of nitrogens with one attached hydrogen (secondary N) is 1. The average Bonchev–Trinajstić information content (AvgIpc) is 2.26. The molecular weight excluding hydrogens is 282 g/mol. The molecule has 0 spiro atoms. The molecule has 0 saturated heterocycles. The quantitative estimate of drug-likeness (QED) is 0.848. The molecule has 0 saturated carbocycles. The molecule has 96 valence electrons. The average molecular weight is 302 g/mol. The molecule has 0 bridgehead atoms. The molecule has 0 atom stereocenters. The summed E-state index contributed by atoms with van der Waals surface area (Å²) in [6.07, 6.45) is 4.38. The number of methoxy groups -OCH3 is 1. The zero-order chi connectivity index (χ0) is 12.9. The van der Waals surface area contributed by atoms with E-state index in [-0.39, 0.29) is 5.41 Å². The van der Waals surface area contributed by atoms with Crippen LogP contribution in [0, 0.1) is 5.41 Å². The van der Waals surface area contributed by atoms with Gasteiger partial charge in [-0.05, 0) is 27.8 Å². The molecule has 0 amide bonds. The maximum Gasteiger partial charge on any atom is 0.0750 e. The molecule has 0 aliphatic carbocycles. The number of nitrogens with two attached hydrogens (primary N) is 1. The number of rotatable bonds is 6. The summed E-state index contributed by atoms with van der Waals surface area (Å²) in [6, 6.07) is 0. The van der Waals surface area contributed by atoms with E-state index >= 15 is 0 Å². The zero-order valence-corrected chi connectivity index (χ0v) is 12.2. The van der Waals surface area contributed by atoms with E-state index in [9.17, 15) is 0 Å². The molecule has 1 rings (SSSR count). The number of pyridine rings is 1. The summed E-state index contributed by atoms with van der Waals surface area (Å²) in [7, 11) is 1.72. The molecule has 5 heteroatoms. The van der Waals surface area contributed by atoms with Crippen LogP contribution in [0.25, 0.3) is 0 Å². The van der Waals surface area contributed by atoms with Crippen LogP contribution in [0.4, 0.5) is 11.4 Å². The van der Waals surface area contributed by atoms with Gasteiger partial charge in [0, 0.05) is 26.5 Å². The molecule has 0 aromatic carbocycles. The van der Waals surface area contributed by atoms with Crippen LogP contribution < -0.4 is 11.1 Å². The number of halogens is 1. The lowest BCUT2D eigenvalue weighted by Crippen LogP contribution is -2.25. The van der Waals surface area contributed by atoms with Crippen molar-refractivity contribution >= 4 is 27.3 Å². The summed E-state index contributed by atoms with van der Waals surface area (Å²) in [4.78, 5) is 4.01. The third-order valence-corrected chi connectivity index (χ3v) is 3.26. The number of anilines is 2. The van der Waals surface area contributed by atoms with Crippen molar-refractivity contribution in [3.05, 3.63) is 16.9 Å². The lowest BCUT2D eigenvalue weighted by Gasteiger charge is -2.25. The third-order valence-electron chi connectivity index (χ3n) is 2.66. The fraction of sp³-hybridized carbons (Fsp3) is 0.583. The van der Waals surface area contributed by atoms with E-state index in [1.165, 1.54) is 0 Å². The smallest absolute Gasteiger partial charge is 0.0750 e. The highest BCUT2D eigenvalue weighted by molar-refractivity contribution is 9.10. The Morgan fingerprint density at radius 3 is 2.76 bits per heavy atom. The monoisotopic (exact) mass is 301 g/mol. The van der Waals surface area contributed by atoms with Crippen molar-refractivity contribution in [2.24, 2.45) is 5.41 Å². The highest BCUT2D eigenvalue weighted by Gasteiger charge is 2.18. The molecule has 17 heavy (non-hydrogen) atoms. The van der Waals surface area contributed by atoms with Crippen LogP contribution in [0.1, 0.15) is 20.3 Å². The van der Waals surface area contributed by atoms with Gasteiger partial charge in [-0.25, -0.2) is 0 Å². The van der Waals surface area contributed by atoms with Crippen LogP contribution in [-0.4, -0.2) is 25.2 Å². The van der Waals surface area contributed by atoms with Gasteiger partial charge in [0.1, 0.15) is 0 Å². The van der Waals surface area contributed by atoms with Crippen molar-refractivity contribution in [1.29, 1.82) is 0 Å². The number of hydrogen-bond acceptors (Lipinski definition) is 4. The molecule has 0 unspecified atom stereocenters. The summed E-state index contributed by atoms with van der Waals surface area (Å²) in [5, 5.41) is 3.36. The third kappa shape index (κ3) is 4.52. The second-order valence-electron chi connectivity index (χ2n) is 4.85. The zero-order valence-electron chi connectivity index (χ0n) is 10.6. The van der Waals surface area contributed by atoms with Crippen molar-refractivity contribution in [2.75, 3.05) is 31.3 Å². The van der Waals surface area contributed by atoms with Gasteiger partial charge in [0.2, 0.25) is 0 Å². The van der Waals surface area contributed by atoms with E-state index in [2.05, 4.69) is 40.1 Å². The fourth-order valence-electron chi connectivity index (χ4n) is 1.43. The van der Waals surface area contributed by atoms with E-state index < -0.39 is 0 Å². The van der Waals surface area contributed by atoms with E-state index in [1.54, 1.807) is 19.5 Å². The van der Waals surface area contributed by atoms with Gasteiger partial charge in [0.15, 0.2) is 0 Å². The van der Waals surface area contributed by atoms with E-state index in [1.807, 2.05) is 0 Å². The number of ether oxygens (including phenoxy) is 1. The molecule has 3 N–H and O–H groups in total. The Hall–Kier alpha value is -0.810. The van der Waals surface area contributed by atoms with Gasteiger partial charge in [-0.1, -0.05) is 13.8 Å². The number of aromatic nitrogens is 1. The van der Waals surface area contributed by atoms with Gasteiger partial charge in [0.05, 0.1) is 22.0 Å². The van der Waals surface area contributed by atoms with Crippen LogP contribution in [-0.2, 0) is 4.74 Å². The highest BCUT2D eigenvalue weighted by atomic mass is 79.9. The number of nitrogen functional groups attached to an aromatic ring is 1. The van der Waals surface area contributed by atoms with Crippen molar-refractivity contribution in [3.63, 3.8) is 0 Å². The lowest BCUT2D eigenvalue weighted by atomic mass is 9.89. The minimum atomic E-state index is 0.158. The second-order valence-corrected chi connectivity index (χ2v) is 5.70. The topological polar surface area (TPSA) is 60.2 Å². The van der Waals surface area contributed by atoms with Gasteiger partial charge in [-0.2, -0.15) is 0 Å². The maximum atomic E-state index is 5.87. The summed E-state index contributed by atoms with van der Waals surface area (Å²) in [5.41, 5.74) is 7.59. The molecule has 1 aromatic heterocycles. The van der Waals surface area contributed by atoms with Crippen LogP contribution in [0.15, 0.2) is 16.9 Å². The van der Waals surface area contributed by atoms with Gasteiger partial charge >= 0.3 is 0 Å². The van der Waals surface area contributed by atoms with Crippen molar-refractivity contribution in [2.45, 2.75) is 20.3 Å². The standard InChI is InChI=1S/C12H20BrN3O/c1-12(2,4-5-17-3)8-16-11-9(13)6-15-7-10(11)14/h6-7H,4-5,8,14H2,1-3H3,(H,15,16). The summed E-state index contributed by atoms with van der Waals surface area (Å²) >= 11 is 3.44. The second kappa shape index (κ2) is 6.21. The summed E-state index contributed by atoms with van der Waals surface area (Å²) < 4.78 is 5.99. The summed E-state index contributed by atoms with van der Waals surface area (Å²) in [6.45, 7) is 6.00. The van der Waals surface area contributed by atoms with E-state index in [0.717, 1.165) is 29.7 Å². The Bertz CT molecular complexity index is 349. The Kier molecular flexibility index (Phi) is 5.21. The van der Waals surface area contributed by atoms with Crippen molar-refractivity contribution in [1.82, 2.24) is 4.98 Å². The van der Waals surface area contributed by atoms with Crippen LogP contribution >= 0.6 is 15.9 Å². The van der Waals surface area contributed by atoms with Crippen molar-refractivity contribution < 1.29 is 4.74 Å². The SMILES string of the molecule is COCCC(C)(C)CNc1c(N)cncc1Br. The highest BCUT2D eigenvalue weighted by Crippen LogP contribution is 2.29. The van der Waals surface area contributed by atoms with Crippen LogP contribution in [0.3, 0.4) is 0 Å². The van der Waals surface area contributed by atoms with Crippen LogP contribution in [0.5, 0.6) is 0 Å². The largest absolute Gasteiger partial charge is 0.396 e. The van der Waals surface area contributed by atoms with E-state index in [0.29, 0.717) is 5.69 Å². The molecule has 1 heterocycles.